The Labute approximate surface area is 162 Å². The first-order valence-corrected chi connectivity index (χ1v) is 8.69. The number of carbonyl (C=O) groups is 1. The molecule has 0 spiro atoms. The third kappa shape index (κ3) is 6.21. The predicted molar refractivity (Wildman–Crippen MR) is 98.5 cm³/mol. The maximum absolute atomic E-state index is 11.3. The molecule has 150 valence electrons. The Balaban J connectivity index is 1.80. The van der Waals surface area contributed by atoms with Gasteiger partial charge in [-0.15, -0.1) is 0 Å². The number of nitriles is 1. The summed E-state index contributed by atoms with van der Waals surface area (Å²) in [4.78, 5) is 39.8. The smallest absolute Gasteiger partial charge is 0.404 e. The van der Waals surface area contributed by atoms with Gasteiger partial charge in [-0.25, -0.2) is 19.6 Å². The van der Waals surface area contributed by atoms with Gasteiger partial charge in [0.1, 0.15) is 30.4 Å². The first-order valence-electron chi connectivity index (χ1n) is 8.69. The number of ether oxygens (including phenoxy) is 1. The normalized spacial score (nSPS) is 14.9. The summed E-state index contributed by atoms with van der Waals surface area (Å²) in [5, 5.41) is 10.3. The molecular weight excluding hydrogens is 366 g/mol. The lowest BCUT2D eigenvalue weighted by Crippen LogP contribution is -2.47. The Morgan fingerprint density at radius 1 is 1.36 bits per heavy atom. The number of primary amides is 1. The third-order valence-electron chi connectivity index (χ3n) is 4.08. The van der Waals surface area contributed by atoms with E-state index in [1.165, 1.54) is 17.5 Å². The second-order valence-corrected chi connectivity index (χ2v) is 6.24. The van der Waals surface area contributed by atoms with Crippen LogP contribution in [0.15, 0.2) is 18.1 Å². The molecule has 2 N–H and O–H groups in total. The molecule has 1 aliphatic heterocycles. The molecule has 0 saturated carbocycles. The van der Waals surface area contributed by atoms with Crippen LogP contribution in [0, 0.1) is 11.3 Å². The highest BCUT2D eigenvalue weighted by atomic mass is 16.7. The van der Waals surface area contributed by atoms with Gasteiger partial charge in [-0.05, 0) is 6.92 Å². The zero-order valence-electron chi connectivity index (χ0n) is 15.9. The number of amides is 1. The van der Waals surface area contributed by atoms with Crippen molar-refractivity contribution in [2.75, 3.05) is 51.3 Å². The SMILES string of the molecule is CC(CN(C)OCC(=C=O)N1CCN(c2ncc(C#N)cn2)CC1)OC(N)=O. The van der Waals surface area contributed by atoms with Gasteiger partial charge < -0.3 is 20.3 Å². The van der Waals surface area contributed by atoms with E-state index in [-0.39, 0.29) is 6.61 Å². The van der Waals surface area contributed by atoms with E-state index in [0.717, 1.165) is 0 Å². The van der Waals surface area contributed by atoms with Crippen LogP contribution >= 0.6 is 0 Å². The van der Waals surface area contributed by atoms with E-state index < -0.39 is 12.2 Å². The van der Waals surface area contributed by atoms with Crippen LogP contribution in [-0.4, -0.2) is 84.4 Å². The summed E-state index contributed by atoms with van der Waals surface area (Å²) < 4.78 is 4.83. The van der Waals surface area contributed by atoms with Crippen LogP contribution in [-0.2, 0) is 14.4 Å². The highest BCUT2D eigenvalue weighted by Gasteiger charge is 2.22. The van der Waals surface area contributed by atoms with Crippen molar-refractivity contribution < 1.29 is 19.2 Å². The molecule has 1 aromatic rings. The molecule has 0 bridgehead atoms. The highest BCUT2D eigenvalue weighted by molar-refractivity contribution is 5.64. The van der Waals surface area contributed by atoms with Gasteiger partial charge in [0.05, 0.1) is 24.5 Å². The Morgan fingerprint density at radius 3 is 2.54 bits per heavy atom. The van der Waals surface area contributed by atoms with Crippen molar-refractivity contribution in [2.45, 2.75) is 13.0 Å². The van der Waals surface area contributed by atoms with Crippen LogP contribution in [0.1, 0.15) is 12.5 Å². The molecule has 1 aliphatic rings. The average molecular weight is 389 g/mol. The number of anilines is 1. The Kier molecular flexibility index (Phi) is 7.71. The van der Waals surface area contributed by atoms with Crippen LogP contribution in [0.25, 0.3) is 0 Å². The zero-order valence-corrected chi connectivity index (χ0v) is 15.9. The number of nitrogens with zero attached hydrogens (tertiary/aromatic N) is 6. The maximum atomic E-state index is 11.3. The molecule has 1 fully saturated rings. The molecular formula is C17H23N7O4. The number of likely N-dealkylation sites (N-methyl/N-ethyl adjacent to an activating group) is 1. The van der Waals surface area contributed by atoms with E-state index in [1.807, 2.05) is 21.8 Å². The monoisotopic (exact) mass is 389 g/mol. The molecule has 0 aromatic carbocycles. The van der Waals surface area contributed by atoms with E-state index in [1.54, 1.807) is 14.0 Å². The molecule has 0 aliphatic carbocycles. The molecule has 1 saturated heterocycles. The lowest BCUT2D eigenvalue weighted by atomic mass is 10.3. The second kappa shape index (κ2) is 10.2. The van der Waals surface area contributed by atoms with Crippen molar-refractivity contribution >= 4 is 18.0 Å². The van der Waals surface area contributed by atoms with Gasteiger partial charge >= 0.3 is 6.09 Å². The first kappa shape index (κ1) is 21.1. The minimum atomic E-state index is -0.849. The van der Waals surface area contributed by atoms with Gasteiger partial charge in [-0.3, -0.25) is 4.84 Å². The van der Waals surface area contributed by atoms with Crippen LogP contribution in [0.4, 0.5) is 10.7 Å². The van der Waals surface area contributed by atoms with Gasteiger partial charge in [0.25, 0.3) is 0 Å². The number of hydroxylamine groups is 2. The van der Waals surface area contributed by atoms with Crippen molar-refractivity contribution in [1.82, 2.24) is 19.9 Å². The lowest BCUT2D eigenvalue weighted by Gasteiger charge is -2.36. The van der Waals surface area contributed by atoms with Gasteiger partial charge in [-0.2, -0.15) is 10.3 Å². The van der Waals surface area contributed by atoms with Gasteiger partial charge in [0, 0.05) is 33.2 Å². The molecule has 1 atom stereocenters. The molecule has 11 heteroatoms. The molecule has 0 radical (unpaired) electrons. The standard InChI is InChI=1S/C17H23N7O4/c1-13(28-16(19)26)10-22(2)27-12-15(11-25)23-3-5-24(6-4-23)17-20-8-14(7-18)9-21-17/h8-9,13H,3-6,10,12H2,1-2H3,(H2,19,26). The Morgan fingerprint density at radius 2 is 2.00 bits per heavy atom. The van der Waals surface area contributed by atoms with Crippen LogP contribution < -0.4 is 10.6 Å². The number of aromatic nitrogens is 2. The molecule has 1 amide bonds. The van der Waals surface area contributed by atoms with E-state index in [4.69, 9.17) is 20.6 Å². The van der Waals surface area contributed by atoms with Crippen molar-refractivity contribution in [2.24, 2.45) is 5.73 Å². The summed E-state index contributed by atoms with van der Waals surface area (Å²) in [6.45, 7) is 4.46. The predicted octanol–water partition coefficient (Wildman–Crippen LogP) is -0.467. The third-order valence-corrected chi connectivity index (χ3v) is 4.08. The highest BCUT2D eigenvalue weighted by Crippen LogP contribution is 2.13. The van der Waals surface area contributed by atoms with E-state index >= 15 is 0 Å². The van der Waals surface area contributed by atoms with E-state index in [9.17, 15) is 9.59 Å². The molecule has 1 unspecified atom stereocenters. The molecule has 11 nitrogen and oxygen atoms in total. The maximum Gasteiger partial charge on any atom is 0.404 e. The molecule has 2 heterocycles. The summed E-state index contributed by atoms with van der Waals surface area (Å²) >= 11 is 0. The zero-order chi connectivity index (χ0) is 20.5. The second-order valence-electron chi connectivity index (χ2n) is 6.24. The van der Waals surface area contributed by atoms with Crippen molar-refractivity contribution in [3.8, 4) is 6.07 Å². The summed E-state index contributed by atoms with van der Waals surface area (Å²) in [6.07, 6.45) is 1.68. The lowest BCUT2D eigenvalue weighted by molar-refractivity contribution is -0.147. The number of nitrogens with two attached hydrogens (primary N) is 1. The Bertz CT molecular complexity index is 750. The van der Waals surface area contributed by atoms with Gasteiger partial charge in [0.2, 0.25) is 5.95 Å². The fourth-order valence-electron chi connectivity index (χ4n) is 2.73. The van der Waals surface area contributed by atoms with Gasteiger partial charge in [0.15, 0.2) is 0 Å². The van der Waals surface area contributed by atoms with Crippen LogP contribution in [0.2, 0.25) is 0 Å². The Hall–Kier alpha value is -3.19. The number of rotatable bonds is 8. The number of hydrogen-bond acceptors (Lipinski definition) is 10. The minimum Gasteiger partial charge on any atom is -0.445 e. The van der Waals surface area contributed by atoms with Crippen LogP contribution in [0.5, 0.6) is 0 Å². The van der Waals surface area contributed by atoms with Crippen molar-refractivity contribution in [3.05, 3.63) is 23.7 Å². The number of piperazine rings is 1. The minimum absolute atomic E-state index is 0.0522. The van der Waals surface area contributed by atoms with E-state index in [2.05, 4.69) is 9.97 Å². The van der Waals surface area contributed by atoms with Crippen molar-refractivity contribution in [3.63, 3.8) is 0 Å². The first-order chi connectivity index (χ1) is 13.4. The largest absolute Gasteiger partial charge is 0.445 e. The summed E-state index contributed by atoms with van der Waals surface area (Å²) in [7, 11) is 1.67. The number of carbonyl (C=O) groups excluding carboxylic acids is 2. The summed E-state index contributed by atoms with van der Waals surface area (Å²) in [5.41, 5.74) is 5.77. The molecule has 28 heavy (non-hydrogen) atoms. The van der Waals surface area contributed by atoms with E-state index in [0.29, 0.717) is 49.9 Å². The van der Waals surface area contributed by atoms with Crippen molar-refractivity contribution in [1.29, 1.82) is 5.26 Å². The van der Waals surface area contributed by atoms with Crippen LogP contribution in [0.3, 0.4) is 0 Å². The summed E-state index contributed by atoms with van der Waals surface area (Å²) in [5.74, 6) is 2.48. The molecule has 2 rings (SSSR count). The summed E-state index contributed by atoms with van der Waals surface area (Å²) in [6, 6.07) is 1.98. The quantitative estimate of drug-likeness (QED) is 0.459. The average Bonchev–Trinajstić information content (AvgIpc) is 2.68. The fraction of sp³-hybridized carbons (Fsp3) is 0.529. The number of hydrogen-bond donors (Lipinski definition) is 1. The fourth-order valence-corrected chi connectivity index (χ4v) is 2.73. The topological polar surface area (TPSA) is 138 Å². The van der Waals surface area contributed by atoms with Gasteiger partial charge in [-0.1, -0.05) is 0 Å². The molecule has 1 aromatic heterocycles.